The summed E-state index contributed by atoms with van der Waals surface area (Å²) in [6.07, 6.45) is 3.97. The van der Waals surface area contributed by atoms with Gasteiger partial charge in [0.2, 0.25) is 0 Å². The van der Waals surface area contributed by atoms with Crippen molar-refractivity contribution in [3.63, 3.8) is 0 Å². The van der Waals surface area contributed by atoms with Crippen LogP contribution in [0.1, 0.15) is 18.4 Å². The molecular formula is C10H15ClN2. The lowest BCUT2D eigenvalue weighted by Gasteiger charge is -2.04. The zero-order valence-electron chi connectivity index (χ0n) is 7.89. The third-order valence-electron chi connectivity index (χ3n) is 1.78. The molecule has 0 aliphatic rings. The lowest BCUT2D eigenvalue weighted by atomic mass is 10.3. The predicted octanol–water partition coefficient (Wildman–Crippen LogP) is 2.82. The molecule has 0 aliphatic heterocycles. The van der Waals surface area contributed by atoms with E-state index < -0.39 is 0 Å². The molecule has 0 amide bonds. The molecular weight excluding hydrogens is 184 g/mol. The summed E-state index contributed by atoms with van der Waals surface area (Å²) in [6, 6.07) is 4.03. The van der Waals surface area contributed by atoms with Crippen molar-refractivity contribution in [1.29, 1.82) is 0 Å². The zero-order chi connectivity index (χ0) is 9.52. The van der Waals surface area contributed by atoms with E-state index in [1.165, 1.54) is 5.56 Å². The molecule has 72 valence electrons. The van der Waals surface area contributed by atoms with Gasteiger partial charge in [0.05, 0.1) is 0 Å². The van der Waals surface area contributed by atoms with Crippen LogP contribution >= 0.6 is 11.6 Å². The minimum Gasteiger partial charge on any atom is -0.370 e. The van der Waals surface area contributed by atoms with Crippen LogP contribution in [0.25, 0.3) is 0 Å². The van der Waals surface area contributed by atoms with Crippen molar-refractivity contribution < 1.29 is 0 Å². The highest BCUT2D eigenvalue weighted by molar-refractivity contribution is 6.17. The number of pyridine rings is 1. The van der Waals surface area contributed by atoms with Gasteiger partial charge in [0, 0.05) is 18.6 Å². The standard InChI is InChI=1S/C10H15ClN2/c1-9-4-7-13-10(8-9)12-6-3-2-5-11/h4,7-8H,2-3,5-6H2,1H3,(H,12,13). The average molecular weight is 199 g/mol. The molecule has 0 aromatic carbocycles. The number of unbranched alkanes of at least 4 members (excludes halogenated alkanes) is 1. The highest BCUT2D eigenvalue weighted by Crippen LogP contribution is 2.05. The first-order valence-electron chi connectivity index (χ1n) is 4.55. The van der Waals surface area contributed by atoms with Crippen LogP contribution < -0.4 is 5.32 Å². The molecule has 1 heterocycles. The zero-order valence-corrected chi connectivity index (χ0v) is 8.64. The molecule has 0 atom stereocenters. The third-order valence-corrected chi connectivity index (χ3v) is 2.05. The van der Waals surface area contributed by atoms with E-state index >= 15 is 0 Å². The van der Waals surface area contributed by atoms with E-state index in [1.807, 2.05) is 18.3 Å². The van der Waals surface area contributed by atoms with Crippen molar-refractivity contribution in [2.75, 3.05) is 17.7 Å². The molecule has 1 aromatic heterocycles. The Kier molecular flexibility index (Phi) is 4.61. The summed E-state index contributed by atoms with van der Waals surface area (Å²) >= 11 is 5.57. The Bertz CT molecular complexity index is 250. The summed E-state index contributed by atoms with van der Waals surface area (Å²) in [5.74, 6) is 1.69. The summed E-state index contributed by atoms with van der Waals surface area (Å²) in [5, 5.41) is 3.25. The van der Waals surface area contributed by atoms with Crippen molar-refractivity contribution in [2.45, 2.75) is 19.8 Å². The Morgan fingerprint density at radius 2 is 2.31 bits per heavy atom. The van der Waals surface area contributed by atoms with Gasteiger partial charge in [-0.25, -0.2) is 4.98 Å². The van der Waals surface area contributed by atoms with E-state index in [0.717, 1.165) is 31.1 Å². The normalized spacial score (nSPS) is 10.0. The van der Waals surface area contributed by atoms with Crippen molar-refractivity contribution in [3.8, 4) is 0 Å². The monoisotopic (exact) mass is 198 g/mol. The Balaban J connectivity index is 2.28. The molecule has 0 saturated heterocycles. The molecule has 0 saturated carbocycles. The summed E-state index contributed by atoms with van der Waals surface area (Å²) in [4.78, 5) is 4.19. The van der Waals surface area contributed by atoms with Gasteiger partial charge in [0.1, 0.15) is 5.82 Å². The third kappa shape index (κ3) is 4.13. The lowest BCUT2D eigenvalue weighted by molar-refractivity contribution is 0.836. The quantitative estimate of drug-likeness (QED) is 0.582. The second-order valence-electron chi connectivity index (χ2n) is 3.04. The van der Waals surface area contributed by atoms with Gasteiger partial charge in [-0.1, -0.05) is 0 Å². The van der Waals surface area contributed by atoms with Crippen LogP contribution in [-0.2, 0) is 0 Å². The second-order valence-corrected chi connectivity index (χ2v) is 3.42. The fourth-order valence-electron chi connectivity index (χ4n) is 1.07. The van der Waals surface area contributed by atoms with Gasteiger partial charge in [-0.05, 0) is 37.5 Å². The van der Waals surface area contributed by atoms with Gasteiger partial charge < -0.3 is 5.32 Å². The Morgan fingerprint density at radius 3 is 3.00 bits per heavy atom. The number of hydrogen-bond acceptors (Lipinski definition) is 2. The first-order valence-corrected chi connectivity index (χ1v) is 5.09. The fraction of sp³-hybridized carbons (Fsp3) is 0.500. The van der Waals surface area contributed by atoms with E-state index in [1.54, 1.807) is 0 Å². The van der Waals surface area contributed by atoms with E-state index in [-0.39, 0.29) is 0 Å². The van der Waals surface area contributed by atoms with Crippen LogP contribution in [0, 0.1) is 6.92 Å². The predicted molar refractivity (Wildman–Crippen MR) is 57.4 cm³/mol. The number of rotatable bonds is 5. The van der Waals surface area contributed by atoms with Gasteiger partial charge in [-0.15, -0.1) is 11.6 Å². The highest BCUT2D eigenvalue weighted by Gasteiger charge is 1.92. The summed E-state index contributed by atoms with van der Waals surface area (Å²) < 4.78 is 0. The van der Waals surface area contributed by atoms with Gasteiger partial charge >= 0.3 is 0 Å². The highest BCUT2D eigenvalue weighted by atomic mass is 35.5. The van der Waals surface area contributed by atoms with Crippen LogP contribution in [0.4, 0.5) is 5.82 Å². The minimum absolute atomic E-state index is 0.739. The SMILES string of the molecule is Cc1ccnc(NCCCCCl)c1. The van der Waals surface area contributed by atoms with Crippen molar-refractivity contribution in [2.24, 2.45) is 0 Å². The van der Waals surface area contributed by atoms with Crippen LogP contribution in [0.5, 0.6) is 0 Å². The van der Waals surface area contributed by atoms with Crippen LogP contribution in [0.3, 0.4) is 0 Å². The van der Waals surface area contributed by atoms with Crippen molar-refractivity contribution >= 4 is 17.4 Å². The van der Waals surface area contributed by atoms with Crippen molar-refractivity contribution in [3.05, 3.63) is 23.9 Å². The van der Waals surface area contributed by atoms with Crippen molar-refractivity contribution in [1.82, 2.24) is 4.98 Å². The van der Waals surface area contributed by atoms with Crippen LogP contribution in [0.15, 0.2) is 18.3 Å². The topological polar surface area (TPSA) is 24.9 Å². The van der Waals surface area contributed by atoms with Gasteiger partial charge in [-0.2, -0.15) is 0 Å². The molecule has 1 N–H and O–H groups in total. The summed E-state index contributed by atoms with van der Waals surface area (Å²) in [7, 11) is 0. The molecule has 0 bridgehead atoms. The molecule has 0 unspecified atom stereocenters. The average Bonchev–Trinajstić information content (AvgIpc) is 2.13. The Labute approximate surface area is 84.3 Å². The maximum absolute atomic E-state index is 5.57. The largest absolute Gasteiger partial charge is 0.370 e. The van der Waals surface area contributed by atoms with E-state index in [2.05, 4.69) is 17.2 Å². The van der Waals surface area contributed by atoms with Gasteiger partial charge in [-0.3, -0.25) is 0 Å². The number of hydrogen-bond donors (Lipinski definition) is 1. The van der Waals surface area contributed by atoms with E-state index in [0.29, 0.717) is 0 Å². The number of aryl methyl sites for hydroxylation is 1. The first-order chi connectivity index (χ1) is 6.33. The molecule has 13 heavy (non-hydrogen) atoms. The molecule has 3 heteroatoms. The number of nitrogens with zero attached hydrogens (tertiary/aromatic N) is 1. The fourth-order valence-corrected chi connectivity index (χ4v) is 1.26. The maximum atomic E-state index is 5.57. The summed E-state index contributed by atoms with van der Waals surface area (Å²) in [5.41, 5.74) is 1.23. The maximum Gasteiger partial charge on any atom is 0.126 e. The minimum atomic E-state index is 0.739. The smallest absolute Gasteiger partial charge is 0.126 e. The van der Waals surface area contributed by atoms with Gasteiger partial charge in [0.15, 0.2) is 0 Å². The number of alkyl halides is 1. The molecule has 0 radical (unpaired) electrons. The molecule has 1 aromatic rings. The number of aromatic nitrogens is 1. The first kappa shape index (κ1) is 10.3. The number of nitrogens with one attached hydrogen (secondary N) is 1. The Hall–Kier alpha value is -0.760. The van der Waals surface area contributed by atoms with Crippen LogP contribution in [0.2, 0.25) is 0 Å². The van der Waals surface area contributed by atoms with Crippen LogP contribution in [-0.4, -0.2) is 17.4 Å². The molecule has 1 rings (SSSR count). The second kappa shape index (κ2) is 5.81. The van der Waals surface area contributed by atoms with Gasteiger partial charge in [0.25, 0.3) is 0 Å². The molecule has 0 fully saturated rings. The number of halogens is 1. The molecule has 2 nitrogen and oxygen atoms in total. The molecule has 0 spiro atoms. The summed E-state index contributed by atoms with van der Waals surface area (Å²) in [6.45, 7) is 3.01. The van der Waals surface area contributed by atoms with E-state index in [9.17, 15) is 0 Å². The number of anilines is 1. The lowest BCUT2D eigenvalue weighted by Crippen LogP contribution is -2.03. The molecule has 0 aliphatic carbocycles. The van der Waals surface area contributed by atoms with E-state index in [4.69, 9.17) is 11.6 Å². The Morgan fingerprint density at radius 1 is 1.46 bits per heavy atom.